The highest BCUT2D eigenvalue weighted by molar-refractivity contribution is 6.32. The lowest BCUT2D eigenvalue weighted by molar-refractivity contribution is -0.385. The molecule has 1 N–H and O–H groups in total. The van der Waals surface area contributed by atoms with Crippen molar-refractivity contribution < 1.29 is 19.2 Å². The number of halogens is 1. The Kier molecular flexibility index (Phi) is 6.19. The Labute approximate surface area is 149 Å². The van der Waals surface area contributed by atoms with Crippen LogP contribution in [0.5, 0.6) is 11.5 Å². The molecule has 0 aliphatic rings. The van der Waals surface area contributed by atoms with Crippen LogP contribution in [0.4, 0.5) is 5.69 Å². The molecule has 0 saturated heterocycles. The first kappa shape index (κ1) is 18.5. The molecule has 0 spiro atoms. The van der Waals surface area contributed by atoms with E-state index in [1.165, 1.54) is 19.2 Å². The number of ether oxygens (including phenoxy) is 2. The number of rotatable bonds is 7. The van der Waals surface area contributed by atoms with Gasteiger partial charge in [-0.1, -0.05) is 29.8 Å². The van der Waals surface area contributed by atoms with Crippen LogP contribution >= 0.6 is 11.6 Å². The first-order valence-electron chi connectivity index (χ1n) is 7.38. The molecule has 2 rings (SSSR count). The van der Waals surface area contributed by atoms with Crippen LogP contribution in [0.3, 0.4) is 0 Å². The number of hydrogen-bond acceptors (Lipinski definition) is 5. The van der Waals surface area contributed by atoms with Gasteiger partial charge >= 0.3 is 5.69 Å². The number of benzene rings is 2. The number of nitrogens with one attached hydrogen (secondary N) is 1. The summed E-state index contributed by atoms with van der Waals surface area (Å²) in [6.45, 7) is 1.76. The van der Waals surface area contributed by atoms with E-state index in [2.05, 4.69) is 5.32 Å². The second-order valence-electron chi connectivity index (χ2n) is 5.21. The zero-order valence-corrected chi connectivity index (χ0v) is 14.5. The molecule has 2 aromatic carbocycles. The second-order valence-corrected chi connectivity index (χ2v) is 5.62. The Bertz CT molecular complexity index is 774. The Morgan fingerprint density at radius 3 is 2.72 bits per heavy atom. The Balaban J connectivity index is 1.94. The van der Waals surface area contributed by atoms with Gasteiger partial charge in [-0.25, -0.2) is 0 Å². The third-order valence-electron chi connectivity index (χ3n) is 3.44. The van der Waals surface area contributed by atoms with Crippen molar-refractivity contribution in [2.45, 2.75) is 13.5 Å². The van der Waals surface area contributed by atoms with Crippen molar-refractivity contribution in [3.05, 3.63) is 62.7 Å². The van der Waals surface area contributed by atoms with Gasteiger partial charge in [0.1, 0.15) is 5.75 Å². The molecule has 25 heavy (non-hydrogen) atoms. The molecule has 7 nitrogen and oxygen atoms in total. The third kappa shape index (κ3) is 4.84. The topological polar surface area (TPSA) is 90.7 Å². The van der Waals surface area contributed by atoms with Crippen molar-refractivity contribution >= 4 is 23.2 Å². The minimum Gasteiger partial charge on any atom is -0.490 e. The molecular formula is C17H17ClN2O5. The summed E-state index contributed by atoms with van der Waals surface area (Å²) >= 11 is 6.03. The summed E-state index contributed by atoms with van der Waals surface area (Å²) in [5, 5.41) is 14.1. The Hall–Kier alpha value is -2.80. The molecule has 0 atom stereocenters. The van der Waals surface area contributed by atoms with Gasteiger partial charge < -0.3 is 14.8 Å². The van der Waals surface area contributed by atoms with Gasteiger partial charge in [0, 0.05) is 12.6 Å². The average Bonchev–Trinajstić information content (AvgIpc) is 2.59. The maximum atomic E-state index is 11.9. The standard InChI is InChI=1S/C17H17ClN2O5/c1-11-4-3-5-13(18)17(11)25-10-16(21)19-9-12-6-7-15(24-2)14(8-12)20(22)23/h3-8H,9-10H2,1-2H3,(H,19,21). The normalized spacial score (nSPS) is 10.2. The fourth-order valence-electron chi connectivity index (χ4n) is 2.18. The second kappa shape index (κ2) is 8.34. The SMILES string of the molecule is COc1ccc(CNC(=O)COc2c(C)cccc2Cl)cc1[N+](=O)[O-]. The maximum absolute atomic E-state index is 11.9. The van der Waals surface area contributed by atoms with E-state index < -0.39 is 4.92 Å². The number of aryl methyl sites for hydroxylation is 1. The molecule has 132 valence electrons. The van der Waals surface area contributed by atoms with E-state index in [-0.39, 0.29) is 30.5 Å². The molecule has 0 bridgehead atoms. The largest absolute Gasteiger partial charge is 0.490 e. The smallest absolute Gasteiger partial charge is 0.311 e. The minimum atomic E-state index is -0.534. The lowest BCUT2D eigenvalue weighted by Crippen LogP contribution is -2.28. The van der Waals surface area contributed by atoms with Gasteiger partial charge in [0.2, 0.25) is 0 Å². The molecular weight excluding hydrogens is 348 g/mol. The molecule has 1 amide bonds. The third-order valence-corrected chi connectivity index (χ3v) is 3.74. The van der Waals surface area contributed by atoms with E-state index >= 15 is 0 Å². The van der Waals surface area contributed by atoms with Crippen LogP contribution in [-0.2, 0) is 11.3 Å². The highest BCUT2D eigenvalue weighted by Gasteiger charge is 2.15. The van der Waals surface area contributed by atoms with E-state index in [4.69, 9.17) is 21.1 Å². The summed E-state index contributed by atoms with van der Waals surface area (Å²) in [6, 6.07) is 9.79. The van der Waals surface area contributed by atoms with Gasteiger partial charge in [-0.3, -0.25) is 14.9 Å². The molecule has 0 radical (unpaired) electrons. The van der Waals surface area contributed by atoms with Gasteiger partial charge in [0.05, 0.1) is 17.1 Å². The Morgan fingerprint density at radius 2 is 2.08 bits per heavy atom. The predicted molar refractivity (Wildman–Crippen MR) is 93.2 cm³/mol. The van der Waals surface area contributed by atoms with E-state index in [0.29, 0.717) is 16.3 Å². The number of methoxy groups -OCH3 is 1. The van der Waals surface area contributed by atoms with E-state index in [1.54, 1.807) is 18.2 Å². The van der Waals surface area contributed by atoms with Crippen molar-refractivity contribution in [2.24, 2.45) is 0 Å². The average molecular weight is 365 g/mol. The van der Waals surface area contributed by atoms with Crippen LogP contribution in [0, 0.1) is 17.0 Å². The van der Waals surface area contributed by atoms with Crippen molar-refractivity contribution in [3.8, 4) is 11.5 Å². The molecule has 0 aromatic heterocycles. The molecule has 0 saturated carbocycles. The number of nitro groups is 1. The highest BCUT2D eigenvalue weighted by atomic mass is 35.5. The molecule has 0 aliphatic carbocycles. The first-order chi connectivity index (χ1) is 11.9. The number of nitro benzene ring substituents is 1. The zero-order valence-electron chi connectivity index (χ0n) is 13.7. The van der Waals surface area contributed by atoms with Gasteiger partial charge in [0.15, 0.2) is 12.4 Å². The first-order valence-corrected chi connectivity index (χ1v) is 7.76. The molecule has 0 fully saturated rings. The molecule has 8 heteroatoms. The fraction of sp³-hybridized carbons (Fsp3) is 0.235. The predicted octanol–water partition coefficient (Wildman–Crippen LogP) is 3.26. The van der Waals surface area contributed by atoms with Gasteiger partial charge in [-0.2, -0.15) is 0 Å². The van der Waals surface area contributed by atoms with Crippen LogP contribution in [0.2, 0.25) is 5.02 Å². The Morgan fingerprint density at radius 1 is 1.32 bits per heavy atom. The quantitative estimate of drug-likeness (QED) is 0.601. The molecule has 2 aromatic rings. The number of carbonyl (C=O) groups is 1. The van der Waals surface area contributed by atoms with Crippen molar-refractivity contribution in [1.29, 1.82) is 0 Å². The fourth-order valence-corrected chi connectivity index (χ4v) is 2.45. The monoisotopic (exact) mass is 364 g/mol. The summed E-state index contributed by atoms with van der Waals surface area (Å²) in [5.74, 6) is 0.259. The summed E-state index contributed by atoms with van der Waals surface area (Å²) in [7, 11) is 1.36. The number of carbonyl (C=O) groups excluding carboxylic acids is 1. The van der Waals surface area contributed by atoms with Crippen molar-refractivity contribution in [1.82, 2.24) is 5.32 Å². The number of amides is 1. The van der Waals surface area contributed by atoms with Crippen LogP contribution in [0.25, 0.3) is 0 Å². The van der Waals surface area contributed by atoms with Crippen LogP contribution in [0.15, 0.2) is 36.4 Å². The van der Waals surface area contributed by atoms with Crippen LogP contribution in [0.1, 0.15) is 11.1 Å². The number of hydrogen-bond donors (Lipinski definition) is 1. The summed E-state index contributed by atoms with van der Waals surface area (Å²) < 4.78 is 10.4. The maximum Gasteiger partial charge on any atom is 0.311 e. The summed E-state index contributed by atoms with van der Waals surface area (Å²) in [6.07, 6.45) is 0. The van der Waals surface area contributed by atoms with Crippen molar-refractivity contribution in [2.75, 3.05) is 13.7 Å². The zero-order chi connectivity index (χ0) is 18.4. The van der Waals surface area contributed by atoms with E-state index in [1.807, 2.05) is 13.0 Å². The van der Waals surface area contributed by atoms with Gasteiger partial charge in [-0.15, -0.1) is 0 Å². The minimum absolute atomic E-state index is 0.133. The van der Waals surface area contributed by atoms with Gasteiger partial charge in [0.25, 0.3) is 5.91 Å². The van der Waals surface area contributed by atoms with E-state index in [9.17, 15) is 14.9 Å². The highest BCUT2D eigenvalue weighted by Crippen LogP contribution is 2.28. The lowest BCUT2D eigenvalue weighted by atomic mass is 10.2. The van der Waals surface area contributed by atoms with Crippen LogP contribution in [-0.4, -0.2) is 24.5 Å². The van der Waals surface area contributed by atoms with Gasteiger partial charge in [-0.05, 0) is 30.2 Å². The van der Waals surface area contributed by atoms with Crippen molar-refractivity contribution in [3.63, 3.8) is 0 Å². The summed E-state index contributed by atoms with van der Waals surface area (Å²) in [4.78, 5) is 22.4. The molecule has 0 unspecified atom stereocenters. The molecule has 0 heterocycles. The molecule has 0 aliphatic heterocycles. The van der Waals surface area contributed by atoms with Crippen LogP contribution < -0.4 is 14.8 Å². The summed E-state index contributed by atoms with van der Waals surface area (Å²) in [5.41, 5.74) is 1.25. The lowest BCUT2D eigenvalue weighted by Gasteiger charge is -2.11. The van der Waals surface area contributed by atoms with E-state index in [0.717, 1.165) is 5.56 Å². The number of para-hydroxylation sites is 1. The number of nitrogens with zero attached hydrogens (tertiary/aromatic N) is 1.